The monoisotopic (exact) mass is 445 g/mol. The lowest BCUT2D eigenvalue weighted by Crippen LogP contribution is -2.54. The average molecular weight is 445 g/mol. The van der Waals surface area contributed by atoms with E-state index in [1.807, 2.05) is 18.2 Å². The van der Waals surface area contributed by atoms with Crippen molar-refractivity contribution in [1.82, 2.24) is 14.7 Å². The van der Waals surface area contributed by atoms with Crippen LogP contribution in [-0.4, -0.2) is 52.7 Å². The second kappa shape index (κ2) is 8.06. The van der Waals surface area contributed by atoms with Gasteiger partial charge in [-0.25, -0.2) is 4.39 Å². The minimum Gasteiger partial charge on any atom is -0.489 e. The molecule has 0 unspecified atom stereocenters. The molecule has 0 saturated carbocycles. The lowest BCUT2D eigenvalue weighted by atomic mass is 10.0. The smallest absolute Gasteiger partial charge is 0.275 e. The van der Waals surface area contributed by atoms with E-state index in [2.05, 4.69) is 5.10 Å². The van der Waals surface area contributed by atoms with E-state index < -0.39 is 11.9 Å². The highest BCUT2D eigenvalue weighted by Crippen LogP contribution is 2.32. The van der Waals surface area contributed by atoms with Crippen LogP contribution in [-0.2, 0) is 17.8 Å². The first-order chi connectivity index (χ1) is 16.0. The highest BCUT2D eigenvalue weighted by molar-refractivity contribution is 6.03. The third-order valence-corrected chi connectivity index (χ3v) is 6.05. The van der Waals surface area contributed by atoms with Crippen molar-refractivity contribution in [3.8, 4) is 11.8 Å². The maximum Gasteiger partial charge on any atom is 0.275 e. The number of nitriles is 1. The number of benzene rings is 2. The van der Waals surface area contributed by atoms with Crippen molar-refractivity contribution in [2.45, 2.75) is 19.0 Å². The van der Waals surface area contributed by atoms with Crippen LogP contribution >= 0.6 is 0 Å². The number of para-hydroxylation sites is 2. The molecular weight excluding hydrogens is 425 g/mol. The fourth-order valence-corrected chi connectivity index (χ4v) is 4.28. The lowest BCUT2D eigenvalue weighted by molar-refractivity contribution is -0.123. The summed E-state index contributed by atoms with van der Waals surface area (Å²) in [7, 11) is 1.67. The van der Waals surface area contributed by atoms with Crippen LogP contribution in [0.1, 0.15) is 27.2 Å². The number of anilines is 1. The maximum atomic E-state index is 14.2. The summed E-state index contributed by atoms with van der Waals surface area (Å²) in [5.74, 6) is -0.444. The topological polar surface area (TPSA) is 91.5 Å². The largest absolute Gasteiger partial charge is 0.489 e. The van der Waals surface area contributed by atoms with E-state index in [0.29, 0.717) is 35.5 Å². The molecule has 5 rings (SSSR count). The van der Waals surface area contributed by atoms with Crippen LogP contribution in [0, 0.1) is 17.1 Å². The van der Waals surface area contributed by atoms with Crippen molar-refractivity contribution in [2.24, 2.45) is 0 Å². The fraction of sp³-hybridized carbons (Fsp3) is 0.250. The molecule has 2 aliphatic heterocycles. The number of rotatable bonds is 3. The summed E-state index contributed by atoms with van der Waals surface area (Å²) in [5, 5.41) is 13.5. The number of hydrogen-bond acceptors (Lipinski definition) is 5. The molecule has 0 fully saturated rings. The van der Waals surface area contributed by atoms with Crippen LogP contribution in [0.15, 0.2) is 48.7 Å². The van der Waals surface area contributed by atoms with Crippen LogP contribution in [0.3, 0.4) is 0 Å². The summed E-state index contributed by atoms with van der Waals surface area (Å²) >= 11 is 0. The summed E-state index contributed by atoms with van der Waals surface area (Å²) < 4.78 is 21.6. The summed E-state index contributed by atoms with van der Waals surface area (Å²) in [6.45, 7) is 0.485. The molecule has 0 N–H and O–H groups in total. The number of likely N-dealkylation sites (N-methyl/N-ethyl adjacent to an activating group) is 1. The number of nitrogens with zero attached hydrogens (tertiary/aromatic N) is 5. The Morgan fingerprint density at radius 3 is 2.88 bits per heavy atom. The molecule has 3 aromatic rings. The lowest BCUT2D eigenvalue weighted by Gasteiger charge is -2.33. The minimum atomic E-state index is -0.780. The number of ether oxygens (including phenoxy) is 1. The Balaban J connectivity index is 1.39. The van der Waals surface area contributed by atoms with E-state index >= 15 is 0 Å². The highest BCUT2D eigenvalue weighted by Gasteiger charge is 2.39. The first kappa shape index (κ1) is 20.7. The Morgan fingerprint density at radius 2 is 2.06 bits per heavy atom. The zero-order valence-electron chi connectivity index (χ0n) is 17.9. The third kappa shape index (κ3) is 3.59. The number of carbonyl (C=O) groups excluding carboxylic acids is 2. The Morgan fingerprint density at radius 1 is 1.24 bits per heavy atom. The van der Waals surface area contributed by atoms with Crippen molar-refractivity contribution < 1.29 is 18.7 Å². The molecule has 2 aliphatic rings. The van der Waals surface area contributed by atoms with Crippen molar-refractivity contribution in [3.63, 3.8) is 0 Å². The van der Waals surface area contributed by atoms with Crippen molar-refractivity contribution in [2.75, 3.05) is 25.1 Å². The summed E-state index contributed by atoms with van der Waals surface area (Å²) in [5.41, 5.74) is 2.30. The zero-order valence-corrected chi connectivity index (χ0v) is 17.9. The Kier molecular flexibility index (Phi) is 5.05. The second-order valence-electron chi connectivity index (χ2n) is 8.06. The molecular formula is C24H20FN5O3. The standard InChI is InChI=1S/C24H20FN5O3/c1-28-19-4-2-3-5-21(19)33-14-20(23(28)31)30-9-8-16-12-29(27-22(16)24(30)32)13-17-10-15(11-26)6-7-18(17)25/h2-7,10,12,20H,8-9,13-14H2,1H3/t20-/m0/s1. The van der Waals surface area contributed by atoms with Crippen LogP contribution in [0.5, 0.6) is 5.75 Å². The van der Waals surface area contributed by atoms with Gasteiger partial charge in [-0.05, 0) is 36.8 Å². The predicted octanol–water partition coefficient (Wildman–Crippen LogP) is 2.36. The van der Waals surface area contributed by atoms with E-state index in [1.54, 1.807) is 25.4 Å². The molecule has 0 saturated heterocycles. The van der Waals surface area contributed by atoms with Gasteiger partial charge in [-0.2, -0.15) is 10.4 Å². The van der Waals surface area contributed by atoms with Crippen LogP contribution in [0.4, 0.5) is 10.1 Å². The van der Waals surface area contributed by atoms with Gasteiger partial charge in [0.2, 0.25) is 0 Å². The maximum absolute atomic E-state index is 14.2. The van der Waals surface area contributed by atoms with E-state index in [4.69, 9.17) is 10.00 Å². The van der Waals surface area contributed by atoms with Gasteiger partial charge in [0.1, 0.15) is 24.2 Å². The first-order valence-corrected chi connectivity index (χ1v) is 10.5. The minimum absolute atomic E-state index is 0.0497. The predicted molar refractivity (Wildman–Crippen MR) is 116 cm³/mol. The van der Waals surface area contributed by atoms with Gasteiger partial charge >= 0.3 is 0 Å². The van der Waals surface area contributed by atoms with E-state index in [-0.39, 0.29) is 30.7 Å². The number of fused-ring (bicyclic) bond motifs is 2. The number of halogens is 1. The fourth-order valence-electron chi connectivity index (χ4n) is 4.28. The zero-order chi connectivity index (χ0) is 23.1. The molecule has 9 heteroatoms. The molecule has 33 heavy (non-hydrogen) atoms. The number of hydrogen-bond donors (Lipinski definition) is 0. The van der Waals surface area contributed by atoms with Crippen molar-refractivity contribution in [1.29, 1.82) is 5.26 Å². The van der Waals surface area contributed by atoms with E-state index in [1.165, 1.54) is 32.7 Å². The van der Waals surface area contributed by atoms with Crippen LogP contribution in [0.2, 0.25) is 0 Å². The normalized spacial score (nSPS) is 17.7. The van der Waals surface area contributed by atoms with Gasteiger partial charge in [0.05, 0.1) is 23.9 Å². The Bertz CT molecular complexity index is 1310. The van der Waals surface area contributed by atoms with Crippen LogP contribution in [0.25, 0.3) is 0 Å². The van der Waals surface area contributed by atoms with Gasteiger partial charge in [-0.3, -0.25) is 14.3 Å². The van der Waals surface area contributed by atoms with Crippen molar-refractivity contribution >= 4 is 17.5 Å². The molecule has 1 atom stereocenters. The molecule has 2 amide bonds. The molecule has 1 aromatic heterocycles. The second-order valence-corrected chi connectivity index (χ2v) is 8.06. The average Bonchev–Trinajstić information content (AvgIpc) is 3.20. The molecule has 3 heterocycles. The summed E-state index contributed by atoms with van der Waals surface area (Å²) in [6.07, 6.45) is 2.23. The summed E-state index contributed by atoms with van der Waals surface area (Å²) in [4.78, 5) is 29.5. The molecule has 0 aliphatic carbocycles. The number of aromatic nitrogens is 2. The van der Waals surface area contributed by atoms with E-state index in [9.17, 15) is 14.0 Å². The van der Waals surface area contributed by atoms with E-state index in [0.717, 1.165) is 5.56 Å². The van der Waals surface area contributed by atoms with Gasteiger partial charge in [0.25, 0.3) is 11.8 Å². The number of carbonyl (C=O) groups is 2. The van der Waals surface area contributed by atoms with Gasteiger partial charge in [0.15, 0.2) is 5.69 Å². The molecule has 0 spiro atoms. The molecule has 2 aromatic carbocycles. The van der Waals surface area contributed by atoms with Gasteiger partial charge in [0, 0.05) is 30.9 Å². The van der Waals surface area contributed by atoms with Crippen molar-refractivity contribution in [3.05, 3.63) is 76.9 Å². The van der Waals surface area contributed by atoms with Gasteiger partial charge < -0.3 is 14.5 Å². The Hall–Kier alpha value is -4.19. The SMILES string of the molecule is CN1C(=O)[C@@H](N2CCc3cn(Cc4cc(C#N)ccc4F)nc3C2=O)COc2ccccc21. The Labute approximate surface area is 189 Å². The molecule has 166 valence electrons. The van der Waals surface area contributed by atoms with Gasteiger partial charge in [-0.1, -0.05) is 12.1 Å². The molecule has 8 nitrogen and oxygen atoms in total. The number of amides is 2. The van der Waals surface area contributed by atoms with Gasteiger partial charge in [-0.15, -0.1) is 0 Å². The first-order valence-electron chi connectivity index (χ1n) is 10.5. The highest BCUT2D eigenvalue weighted by atomic mass is 19.1. The summed E-state index contributed by atoms with van der Waals surface area (Å²) in [6, 6.07) is 12.6. The van der Waals surface area contributed by atoms with Crippen LogP contribution < -0.4 is 9.64 Å². The molecule has 0 bridgehead atoms. The quantitative estimate of drug-likeness (QED) is 0.617. The molecule has 0 radical (unpaired) electrons. The third-order valence-electron chi connectivity index (χ3n) is 6.05.